The van der Waals surface area contributed by atoms with E-state index >= 15 is 0 Å². The van der Waals surface area contributed by atoms with E-state index in [1.807, 2.05) is 87.5 Å². The van der Waals surface area contributed by atoms with Crippen molar-refractivity contribution in [2.75, 3.05) is 4.90 Å². The van der Waals surface area contributed by atoms with Crippen LogP contribution < -0.4 is 4.90 Å². The van der Waals surface area contributed by atoms with E-state index in [0.29, 0.717) is 5.84 Å². The van der Waals surface area contributed by atoms with Crippen LogP contribution in [-0.2, 0) is 0 Å². The largest absolute Gasteiger partial charge is 0.284 e. The SMILES string of the molecule is Cc1ccccc1C(=N)N(C(=N)c1ccc(Br)cc1)c1c(C)cccc1C. The monoisotopic (exact) mass is 419 g/mol. The third-order valence-electron chi connectivity index (χ3n) is 4.63. The molecule has 0 aromatic heterocycles. The summed E-state index contributed by atoms with van der Waals surface area (Å²) >= 11 is 3.45. The normalized spacial score (nSPS) is 10.5. The highest BCUT2D eigenvalue weighted by Gasteiger charge is 2.24. The molecule has 0 saturated carbocycles. The molecule has 3 aromatic rings. The van der Waals surface area contributed by atoms with Gasteiger partial charge in [0.05, 0.1) is 5.69 Å². The summed E-state index contributed by atoms with van der Waals surface area (Å²) in [6.45, 7) is 6.04. The number of anilines is 1. The molecule has 2 N–H and O–H groups in total. The Morgan fingerprint density at radius 2 is 1.26 bits per heavy atom. The molecule has 3 nitrogen and oxygen atoms in total. The number of aryl methyl sites for hydroxylation is 3. The number of hydrogen-bond donors (Lipinski definition) is 2. The summed E-state index contributed by atoms with van der Waals surface area (Å²) in [6, 6.07) is 21.5. The van der Waals surface area contributed by atoms with Crippen LogP contribution in [0.3, 0.4) is 0 Å². The van der Waals surface area contributed by atoms with Crippen molar-refractivity contribution in [1.82, 2.24) is 0 Å². The number of para-hydroxylation sites is 1. The maximum atomic E-state index is 8.96. The number of benzene rings is 3. The number of nitrogens with zero attached hydrogens (tertiary/aromatic N) is 1. The third kappa shape index (κ3) is 3.86. The maximum Gasteiger partial charge on any atom is 0.138 e. The maximum absolute atomic E-state index is 8.96. The first kappa shape index (κ1) is 19.1. The summed E-state index contributed by atoms with van der Waals surface area (Å²) in [6.07, 6.45) is 0. The van der Waals surface area contributed by atoms with Gasteiger partial charge in [0, 0.05) is 15.6 Å². The molecule has 136 valence electrons. The van der Waals surface area contributed by atoms with Crippen LogP contribution in [0.15, 0.2) is 71.2 Å². The molecule has 4 heteroatoms. The van der Waals surface area contributed by atoms with E-state index in [1.165, 1.54) is 0 Å². The van der Waals surface area contributed by atoms with Crippen molar-refractivity contribution in [3.63, 3.8) is 0 Å². The minimum atomic E-state index is 0.285. The summed E-state index contributed by atoms with van der Waals surface area (Å²) in [5.74, 6) is 0.589. The van der Waals surface area contributed by atoms with Crippen molar-refractivity contribution in [3.8, 4) is 0 Å². The Morgan fingerprint density at radius 1 is 0.704 bits per heavy atom. The molecule has 0 aliphatic rings. The highest BCUT2D eigenvalue weighted by Crippen LogP contribution is 2.29. The standard InChI is InChI=1S/C23H22BrN3/c1-15-7-4-5-10-20(15)23(26)27(21-16(2)8-6-9-17(21)3)22(25)18-11-13-19(24)14-12-18/h4-14,25-26H,1-3H3. The van der Waals surface area contributed by atoms with Gasteiger partial charge < -0.3 is 0 Å². The molecule has 0 spiro atoms. The highest BCUT2D eigenvalue weighted by atomic mass is 79.9. The van der Waals surface area contributed by atoms with E-state index in [0.717, 1.165) is 38.0 Å². The lowest BCUT2D eigenvalue weighted by Crippen LogP contribution is -2.38. The Kier molecular flexibility index (Phi) is 5.57. The lowest BCUT2D eigenvalue weighted by molar-refractivity contribution is 1.23. The molecule has 0 aliphatic carbocycles. The Balaban J connectivity index is 2.18. The molecule has 0 atom stereocenters. The Labute approximate surface area is 168 Å². The summed E-state index contributed by atoms with van der Waals surface area (Å²) < 4.78 is 0.964. The average Bonchev–Trinajstić information content (AvgIpc) is 2.65. The van der Waals surface area contributed by atoms with Gasteiger partial charge in [0.1, 0.15) is 11.7 Å². The Morgan fingerprint density at radius 3 is 1.85 bits per heavy atom. The first-order valence-electron chi connectivity index (χ1n) is 8.75. The van der Waals surface area contributed by atoms with Gasteiger partial charge in [-0.3, -0.25) is 15.7 Å². The fourth-order valence-electron chi connectivity index (χ4n) is 3.19. The number of hydrogen-bond acceptors (Lipinski definition) is 2. The van der Waals surface area contributed by atoms with Crippen molar-refractivity contribution in [2.24, 2.45) is 0 Å². The lowest BCUT2D eigenvalue weighted by Gasteiger charge is -2.29. The number of nitrogens with one attached hydrogen (secondary N) is 2. The van der Waals surface area contributed by atoms with Gasteiger partial charge in [-0.1, -0.05) is 70.5 Å². The first-order valence-corrected chi connectivity index (χ1v) is 9.55. The van der Waals surface area contributed by atoms with E-state index in [-0.39, 0.29) is 5.84 Å². The predicted octanol–water partition coefficient (Wildman–Crippen LogP) is 6.23. The predicted molar refractivity (Wildman–Crippen MR) is 117 cm³/mol. The summed E-state index contributed by atoms with van der Waals surface area (Å²) in [5, 5.41) is 17.9. The highest BCUT2D eigenvalue weighted by molar-refractivity contribution is 9.10. The van der Waals surface area contributed by atoms with Gasteiger partial charge in [-0.15, -0.1) is 0 Å². The number of amidine groups is 2. The summed E-state index contributed by atoms with van der Waals surface area (Å²) in [5.41, 5.74) is 5.56. The van der Waals surface area contributed by atoms with E-state index < -0.39 is 0 Å². The zero-order chi connectivity index (χ0) is 19.6. The molecule has 0 heterocycles. The second-order valence-corrected chi connectivity index (χ2v) is 7.51. The smallest absolute Gasteiger partial charge is 0.138 e. The van der Waals surface area contributed by atoms with Crippen LogP contribution in [0.25, 0.3) is 0 Å². The molecule has 0 radical (unpaired) electrons. The first-order chi connectivity index (χ1) is 12.9. The molecule has 0 fully saturated rings. The van der Waals surface area contributed by atoms with Gasteiger partial charge >= 0.3 is 0 Å². The van der Waals surface area contributed by atoms with Crippen LogP contribution in [0, 0.1) is 31.6 Å². The zero-order valence-electron chi connectivity index (χ0n) is 15.7. The lowest BCUT2D eigenvalue weighted by atomic mass is 10.0. The molecule has 3 rings (SSSR count). The molecule has 27 heavy (non-hydrogen) atoms. The van der Waals surface area contributed by atoms with Crippen molar-refractivity contribution in [2.45, 2.75) is 20.8 Å². The van der Waals surface area contributed by atoms with Crippen LogP contribution >= 0.6 is 15.9 Å². The van der Waals surface area contributed by atoms with E-state index in [1.54, 1.807) is 4.90 Å². The fraction of sp³-hybridized carbons (Fsp3) is 0.130. The zero-order valence-corrected chi connectivity index (χ0v) is 17.3. The van der Waals surface area contributed by atoms with Crippen molar-refractivity contribution < 1.29 is 0 Å². The van der Waals surface area contributed by atoms with E-state index in [9.17, 15) is 0 Å². The van der Waals surface area contributed by atoms with E-state index in [4.69, 9.17) is 10.8 Å². The average molecular weight is 420 g/mol. The fourth-order valence-corrected chi connectivity index (χ4v) is 3.45. The third-order valence-corrected chi connectivity index (χ3v) is 5.16. The van der Waals surface area contributed by atoms with Gasteiger partial charge in [-0.25, -0.2) is 0 Å². The molecule has 0 bridgehead atoms. The molecule has 0 amide bonds. The topological polar surface area (TPSA) is 50.9 Å². The van der Waals surface area contributed by atoms with Crippen LogP contribution in [0.4, 0.5) is 5.69 Å². The summed E-state index contributed by atoms with van der Waals surface area (Å²) in [4.78, 5) is 1.75. The molecule has 0 aliphatic heterocycles. The molecule has 0 saturated heterocycles. The quantitative estimate of drug-likeness (QED) is 0.383. The number of rotatable bonds is 3. The molecular weight excluding hydrogens is 398 g/mol. The molecule has 3 aromatic carbocycles. The van der Waals surface area contributed by atoms with Crippen molar-refractivity contribution >= 4 is 33.3 Å². The second kappa shape index (κ2) is 7.89. The second-order valence-electron chi connectivity index (χ2n) is 6.59. The minimum absolute atomic E-state index is 0.285. The van der Waals surface area contributed by atoms with Crippen LogP contribution in [0.2, 0.25) is 0 Å². The van der Waals surface area contributed by atoms with Crippen LogP contribution in [-0.4, -0.2) is 11.7 Å². The van der Waals surface area contributed by atoms with Gasteiger partial charge in [0.2, 0.25) is 0 Å². The van der Waals surface area contributed by atoms with Gasteiger partial charge in [-0.2, -0.15) is 0 Å². The van der Waals surface area contributed by atoms with Crippen molar-refractivity contribution in [1.29, 1.82) is 10.8 Å². The Bertz CT molecular complexity index is 986. The van der Waals surface area contributed by atoms with Crippen LogP contribution in [0.5, 0.6) is 0 Å². The Hall–Kier alpha value is -2.72. The van der Waals surface area contributed by atoms with Crippen LogP contribution in [0.1, 0.15) is 27.8 Å². The molecular formula is C23H22BrN3. The van der Waals surface area contributed by atoms with E-state index in [2.05, 4.69) is 15.9 Å². The summed E-state index contributed by atoms with van der Waals surface area (Å²) in [7, 11) is 0. The van der Waals surface area contributed by atoms with Gasteiger partial charge in [0.25, 0.3) is 0 Å². The number of halogens is 1. The van der Waals surface area contributed by atoms with Crippen molar-refractivity contribution in [3.05, 3.63) is 99.0 Å². The van der Waals surface area contributed by atoms with Gasteiger partial charge in [0.15, 0.2) is 0 Å². The van der Waals surface area contributed by atoms with Gasteiger partial charge in [-0.05, 0) is 49.6 Å². The minimum Gasteiger partial charge on any atom is -0.284 e. The molecule has 0 unspecified atom stereocenters.